The van der Waals surface area contributed by atoms with E-state index in [2.05, 4.69) is 56.2 Å². The first kappa shape index (κ1) is 13.4. The van der Waals surface area contributed by atoms with Crippen LogP contribution in [-0.2, 0) is 13.0 Å². The maximum atomic E-state index is 3.63. The summed E-state index contributed by atoms with van der Waals surface area (Å²) in [4.78, 5) is 2.37. The third-order valence-corrected chi connectivity index (χ3v) is 4.15. The van der Waals surface area contributed by atoms with Crippen molar-refractivity contribution < 1.29 is 0 Å². The summed E-state index contributed by atoms with van der Waals surface area (Å²) in [5, 5.41) is 3.63. The molecule has 0 bridgehead atoms. The minimum absolute atomic E-state index is 0.229. The van der Waals surface area contributed by atoms with Gasteiger partial charge in [0.05, 0.1) is 0 Å². The van der Waals surface area contributed by atoms with Gasteiger partial charge in [-0.2, -0.15) is 0 Å². The van der Waals surface area contributed by atoms with Crippen molar-refractivity contribution in [3.63, 3.8) is 0 Å². The van der Waals surface area contributed by atoms with Crippen LogP contribution in [-0.4, -0.2) is 19.1 Å². The molecule has 1 aromatic rings. The Labute approximate surface area is 111 Å². The predicted molar refractivity (Wildman–Crippen MR) is 79.2 cm³/mol. The highest BCUT2D eigenvalue weighted by molar-refractivity contribution is 5.56. The molecule has 0 fully saturated rings. The number of aryl methyl sites for hydroxylation is 1. The Morgan fingerprint density at radius 1 is 1.33 bits per heavy atom. The predicted octanol–water partition coefficient (Wildman–Crippen LogP) is 3.35. The lowest BCUT2D eigenvalue weighted by atomic mass is 9.98. The van der Waals surface area contributed by atoms with Gasteiger partial charge in [0, 0.05) is 31.4 Å². The Bertz CT molecular complexity index is 410. The number of anilines is 1. The molecule has 1 heterocycles. The van der Waals surface area contributed by atoms with Gasteiger partial charge in [0.1, 0.15) is 0 Å². The molecule has 0 unspecified atom stereocenters. The van der Waals surface area contributed by atoms with E-state index in [0.717, 1.165) is 13.0 Å². The van der Waals surface area contributed by atoms with E-state index >= 15 is 0 Å². The number of nitrogens with zero attached hydrogens (tertiary/aromatic N) is 1. The highest BCUT2D eigenvalue weighted by Crippen LogP contribution is 2.26. The van der Waals surface area contributed by atoms with Crippen LogP contribution in [0.25, 0.3) is 0 Å². The molecule has 2 heteroatoms. The summed E-state index contributed by atoms with van der Waals surface area (Å²) < 4.78 is 0. The molecule has 0 saturated heterocycles. The second-order valence-electron chi connectivity index (χ2n) is 6.08. The third-order valence-electron chi connectivity index (χ3n) is 4.15. The molecule has 0 radical (unpaired) electrons. The van der Waals surface area contributed by atoms with Crippen LogP contribution in [0.3, 0.4) is 0 Å². The molecule has 1 aliphatic heterocycles. The highest BCUT2D eigenvalue weighted by atomic mass is 15.1. The molecule has 0 aromatic heterocycles. The van der Waals surface area contributed by atoms with Crippen molar-refractivity contribution in [3.8, 4) is 0 Å². The lowest BCUT2D eigenvalue weighted by molar-refractivity contribution is 0.374. The van der Waals surface area contributed by atoms with Crippen molar-refractivity contribution in [1.29, 1.82) is 0 Å². The van der Waals surface area contributed by atoms with Crippen LogP contribution >= 0.6 is 0 Å². The summed E-state index contributed by atoms with van der Waals surface area (Å²) in [6.07, 6.45) is 3.66. The monoisotopic (exact) mass is 246 g/mol. The molecule has 2 rings (SSSR count). The second-order valence-corrected chi connectivity index (χ2v) is 6.08. The Kier molecular flexibility index (Phi) is 3.96. The first-order chi connectivity index (χ1) is 8.52. The average molecular weight is 246 g/mol. The van der Waals surface area contributed by atoms with Crippen molar-refractivity contribution in [2.45, 2.75) is 52.1 Å². The highest BCUT2D eigenvalue weighted by Gasteiger charge is 2.16. The van der Waals surface area contributed by atoms with Crippen molar-refractivity contribution in [3.05, 3.63) is 29.3 Å². The molecule has 0 saturated carbocycles. The first-order valence-electron chi connectivity index (χ1n) is 7.10. The molecule has 1 aliphatic rings. The molecule has 0 atom stereocenters. The fourth-order valence-corrected chi connectivity index (χ4v) is 2.41. The largest absolute Gasteiger partial charge is 0.374 e. The number of nitrogens with one attached hydrogen (secondary N) is 1. The smallest absolute Gasteiger partial charge is 0.0396 e. The molecule has 1 N–H and O–H groups in total. The van der Waals surface area contributed by atoms with E-state index in [0.29, 0.717) is 0 Å². The van der Waals surface area contributed by atoms with Crippen LogP contribution in [0.4, 0.5) is 5.69 Å². The topological polar surface area (TPSA) is 15.3 Å². The zero-order chi connectivity index (χ0) is 13.2. The molecule has 2 nitrogen and oxygen atoms in total. The van der Waals surface area contributed by atoms with E-state index in [1.165, 1.54) is 36.2 Å². The normalized spacial score (nSPS) is 15.7. The maximum Gasteiger partial charge on any atom is 0.0396 e. The molecule has 0 spiro atoms. The fraction of sp³-hybridized carbons (Fsp3) is 0.625. The number of fused-ring (bicyclic) bond motifs is 1. The Hall–Kier alpha value is -1.02. The standard InChI is InChI=1S/C16H26N2/c1-5-16(2,3)17-12-13-8-9-15-14(11-13)7-6-10-18(15)4/h8-9,11,17H,5-7,10,12H2,1-4H3. The van der Waals surface area contributed by atoms with Gasteiger partial charge in [-0.15, -0.1) is 0 Å². The second kappa shape index (κ2) is 5.31. The van der Waals surface area contributed by atoms with E-state index < -0.39 is 0 Å². The first-order valence-corrected chi connectivity index (χ1v) is 7.10. The summed E-state index contributed by atoms with van der Waals surface area (Å²) in [7, 11) is 2.19. The van der Waals surface area contributed by atoms with Crippen LogP contribution in [0.15, 0.2) is 18.2 Å². The molecule has 1 aromatic carbocycles. The molecular weight excluding hydrogens is 220 g/mol. The van der Waals surface area contributed by atoms with Crippen molar-refractivity contribution in [1.82, 2.24) is 5.32 Å². The maximum absolute atomic E-state index is 3.63. The van der Waals surface area contributed by atoms with Gasteiger partial charge in [-0.1, -0.05) is 19.1 Å². The molecule has 0 aliphatic carbocycles. The molecule has 0 amide bonds. The molecular formula is C16H26N2. The van der Waals surface area contributed by atoms with Gasteiger partial charge >= 0.3 is 0 Å². The number of rotatable bonds is 4. The van der Waals surface area contributed by atoms with Crippen LogP contribution < -0.4 is 10.2 Å². The minimum atomic E-state index is 0.229. The van der Waals surface area contributed by atoms with E-state index in [-0.39, 0.29) is 5.54 Å². The van der Waals surface area contributed by atoms with Gasteiger partial charge < -0.3 is 10.2 Å². The van der Waals surface area contributed by atoms with Crippen molar-refractivity contribution in [2.75, 3.05) is 18.5 Å². The van der Waals surface area contributed by atoms with Gasteiger partial charge in [0.15, 0.2) is 0 Å². The van der Waals surface area contributed by atoms with E-state index in [1.54, 1.807) is 0 Å². The summed E-state index contributed by atoms with van der Waals surface area (Å²) >= 11 is 0. The SMILES string of the molecule is CCC(C)(C)NCc1ccc2c(c1)CCCN2C. The van der Waals surface area contributed by atoms with Crippen molar-refractivity contribution in [2.24, 2.45) is 0 Å². The minimum Gasteiger partial charge on any atom is -0.374 e. The Balaban J connectivity index is 2.07. The third kappa shape index (κ3) is 3.05. The van der Waals surface area contributed by atoms with Gasteiger partial charge in [0.2, 0.25) is 0 Å². The summed E-state index contributed by atoms with van der Waals surface area (Å²) in [6.45, 7) is 8.92. The quantitative estimate of drug-likeness (QED) is 0.876. The van der Waals surface area contributed by atoms with Gasteiger partial charge in [-0.3, -0.25) is 0 Å². The average Bonchev–Trinajstić information content (AvgIpc) is 2.37. The summed E-state index contributed by atoms with van der Waals surface area (Å²) in [5.74, 6) is 0. The Morgan fingerprint density at radius 2 is 2.11 bits per heavy atom. The molecule has 18 heavy (non-hydrogen) atoms. The van der Waals surface area contributed by atoms with Gasteiger partial charge in [-0.05, 0) is 50.3 Å². The fourth-order valence-electron chi connectivity index (χ4n) is 2.41. The van der Waals surface area contributed by atoms with Crippen molar-refractivity contribution >= 4 is 5.69 Å². The zero-order valence-electron chi connectivity index (χ0n) is 12.2. The molecule has 100 valence electrons. The van der Waals surface area contributed by atoms with Gasteiger partial charge in [0.25, 0.3) is 0 Å². The van der Waals surface area contributed by atoms with Crippen LogP contribution in [0, 0.1) is 0 Å². The lowest BCUT2D eigenvalue weighted by Crippen LogP contribution is -2.37. The van der Waals surface area contributed by atoms with E-state index in [9.17, 15) is 0 Å². The Morgan fingerprint density at radius 3 is 2.83 bits per heavy atom. The number of hydrogen-bond donors (Lipinski definition) is 1. The van der Waals surface area contributed by atoms with Crippen LogP contribution in [0.1, 0.15) is 44.7 Å². The lowest BCUT2D eigenvalue weighted by Gasteiger charge is -2.29. The zero-order valence-corrected chi connectivity index (χ0v) is 12.2. The van der Waals surface area contributed by atoms with Gasteiger partial charge in [-0.25, -0.2) is 0 Å². The van der Waals surface area contributed by atoms with E-state index in [4.69, 9.17) is 0 Å². The van der Waals surface area contributed by atoms with Crippen LogP contribution in [0.2, 0.25) is 0 Å². The summed E-state index contributed by atoms with van der Waals surface area (Å²) in [6, 6.07) is 6.92. The summed E-state index contributed by atoms with van der Waals surface area (Å²) in [5.41, 5.74) is 4.56. The number of hydrogen-bond acceptors (Lipinski definition) is 2. The van der Waals surface area contributed by atoms with E-state index in [1.807, 2.05) is 0 Å². The number of benzene rings is 1. The van der Waals surface area contributed by atoms with Crippen LogP contribution in [0.5, 0.6) is 0 Å².